The molecule has 1 aliphatic heterocycles. The largest absolute Gasteiger partial charge is 0.508 e. The van der Waals surface area contributed by atoms with Crippen LogP contribution in [0.25, 0.3) is 0 Å². The lowest BCUT2D eigenvalue weighted by Gasteiger charge is -2.66. The molecule has 6 unspecified atom stereocenters. The predicted octanol–water partition coefficient (Wildman–Crippen LogP) is 5.72. The summed E-state index contributed by atoms with van der Waals surface area (Å²) < 4.78 is 41.3. The summed E-state index contributed by atoms with van der Waals surface area (Å²) in [6.07, 6.45) is -5.98. The summed E-state index contributed by atoms with van der Waals surface area (Å²) in [5, 5.41) is 13.6. The minimum Gasteiger partial charge on any atom is -0.456 e. The van der Waals surface area contributed by atoms with Crippen LogP contribution in [0.5, 0.6) is 0 Å². The highest BCUT2D eigenvalue weighted by molar-refractivity contribution is 6.30. The third-order valence-corrected chi connectivity index (χ3v) is 12.8. The summed E-state index contributed by atoms with van der Waals surface area (Å²) in [6.45, 7) is 8.17. The second kappa shape index (κ2) is 15.0. The van der Waals surface area contributed by atoms with Gasteiger partial charge < -0.3 is 38.3 Å². The van der Waals surface area contributed by atoms with Gasteiger partial charge in [0.05, 0.1) is 23.7 Å². The first-order valence-corrected chi connectivity index (χ1v) is 18.6. The fourth-order valence-electron chi connectivity index (χ4n) is 9.19. The number of hydrogen-bond donors (Lipinski definition) is 1. The Labute approximate surface area is 320 Å². The fraction of sp³-hybridized carbons (Fsp3) is 0.561. The van der Waals surface area contributed by atoms with Crippen molar-refractivity contribution in [1.82, 2.24) is 0 Å². The molecule has 4 aliphatic rings. The SMILES string of the molecule is CO[C@H](Cc1ccccc1)C(=O)O[C@H]1CC2(O)CC3C(C)(C(=O)C(OC(C)=O)C(=C1C)C2(C)C)C(OC(=O)OCc1ccc(Cl)cc1)CC1OC[C@]13OC. The Bertz CT molecular complexity index is 1790. The molecule has 2 aromatic rings. The summed E-state index contributed by atoms with van der Waals surface area (Å²) in [5.74, 6) is -2.76. The molecule has 3 aliphatic carbocycles. The van der Waals surface area contributed by atoms with E-state index in [1.54, 1.807) is 52.0 Å². The maximum Gasteiger partial charge on any atom is 0.508 e. The first-order valence-electron chi connectivity index (χ1n) is 18.2. The van der Waals surface area contributed by atoms with E-state index in [9.17, 15) is 19.5 Å². The fourth-order valence-corrected chi connectivity index (χ4v) is 9.32. The van der Waals surface area contributed by atoms with Crippen molar-refractivity contribution in [2.75, 3.05) is 20.8 Å². The van der Waals surface area contributed by atoms with Crippen molar-refractivity contribution < 1.29 is 57.4 Å². The van der Waals surface area contributed by atoms with Gasteiger partial charge in [0.15, 0.2) is 18.0 Å². The van der Waals surface area contributed by atoms with Gasteiger partial charge in [0.2, 0.25) is 0 Å². The molecule has 0 amide bonds. The van der Waals surface area contributed by atoms with Gasteiger partial charge in [-0.3, -0.25) is 9.59 Å². The number of esters is 2. The summed E-state index contributed by atoms with van der Waals surface area (Å²) in [7, 11) is 2.95. The van der Waals surface area contributed by atoms with E-state index in [1.165, 1.54) is 21.1 Å². The molecule has 2 saturated carbocycles. The van der Waals surface area contributed by atoms with Crippen LogP contribution in [0.15, 0.2) is 65.7 Å². The van der Waals surface area contributed by atoms with Gasteiger partial charge in [0, 0.05) is 56.8 Å². The molecule has 2 aromatic carbocycles. The number of fused-ring (bicyclic) bond motifs is 5. The van der Waals surface area contributed by atoms with Crippen molar-refractivity contribution in [3.8, 4) is 0 Å². The van der Waals surface area contributed by atoms with E-state index in [-0.39, 0.29) is 38.9 Å². The van der Waals surface area contributed by atoms with Crippen molar-refractivity contribution >= 4 is 35.5 Å². The van der Waals surface area contributed by atoms with E-state index in [1.807, 2.05) is 30.3 Å². The first-order chi connectivity index (χ1) is 25.5. The molecule has 2 bridgehead atoms. The van der Waals surface area contributed by atoms with Gasteiger partial charge in [-0.2, -0.15) is 0 Å². The molecule has 0 spiro atoms. The number of benzene rings is 2. The van der Waals surface area contributed by atoms with Crippen LogP contribution in [0.2, 0.25) is 5.02 Å². The van der Waals surface area contributed by atoms with Crippen LogP contribution in [0.3, 0.4) is 0 Å². The van der Waals surface area contributed by atoms with Crippen molar-refractivity contribution in [3.63, 3.8) is 0 Å². The number of Topliss-reactive ketones (excluding diaryl/α,β-unsaturated/α-hetero) is 1. The topological polar surface area (TPSA) is 153 Å². The minimum absolute atomic E-state index is 0.0367. The zero-order valence-corrected chi connectivity index (χ0v) is 32.5. The minimum atomic E-state index is -1.66. The van der Waals surface area contributed by atoms with E-state index in [4.69, 9.17) is 44.8 Å². The molecule has 54 heavy (non-hydrogen) atoms. The Hall–Kier alpha value is -3.81. The molecule has 3 fully saturated rings. The van der Waals surface area contributed by atoms with Gasteiger partial charge in [-0.15, -0.1) is 0 Å². The van der Waals surface area contributed by atoms with Gasteiger partial charge in [0.1, 0.15) is 24.4 Å². The van der Waals surface area contributed by atoms with Crippen LogP contribution in [0.4, 0.5) is 4.79 Å². The van der Waals surface area contributed by atoms with Crippen LogP contribution in [-0.4, -0.2) is 91.5 Å². The number of hydrogen-bond acceptors (Lipinski definition) is 12. The van der Waals surface area contributed by atoms with Gasteiger partial charge in [-0.25, -0.2) is 9.59 Å². The second-order valence-corrected chi connectivity index (χ2v) is 16.1. The normalized spacial score (nSPS) is 33.1. The zero-order chi connectivity index (χ0) is 39.2. The molecule has 0 radical (unpaired) electrons. The summed E-state index contributed by atoms with van der Waals surface area (Å²) in [5.41, 5.74) is -3.16. The number of ether oxygens (including phenoxy) is 7. The Balaban J connectivity index is 1.40. The lowest BCUT2D eigenvalue weighted by molar-refractivity contribution is -0.332. The highest BCUT2D eigenvalue weighted by Gasteiger charge is 2.74. The summed E-state index contributed by atoms with van der Waals surface area (Å²) in [6, 6.07) is 16.1. The molecular formula is C41H49ClO12. The molecule has 13 heteroatoms. The maximum absolute atomic E-state index is 15.4. The van der Waals surface area contributed by atoms with Crippen LogP contribution in [-0.2, 0) is 60.6 Å². The number of ketones is 1. The van der Waals surface area contributed by atoms with E-state index >= 15 is 4.79 Å². The van der Waals surface area contributed by atoms with E-state index in [0.29, 0.717) is 21.7 Å². The van der Waals surface area contributed by atoms with Gasteiger partial charge in [0.25, 0.3) is 0 Å². The van der Waals surface area contributed by atoms with Crippen LogP contribution in [0, 0.1) is 16.7 Å². The molecule has 9 atom stereocenters. The van der Waals surface area contributed by atoms with E-state index in [2.05, 4.69) is 0 Å². The number of halogens is 1. The van der Waals surface area contributed by atoms with Crippen LogP contribution >= 0.6 is 11.6 Å². The van der Waals surface area contributed by atoms with Crippen LogP contribution < -0.4 is 0 Å². The van der Waals surface area contributed by atoms with Crippen LogP contribution in [0.1, 0.15) is 65.0 Å². The highest BCUT2D eigenvalue weighted by Crippen LogP contribution is 2.64. The molecule has 0 aromatic heterocycles. The molecular weight excluding hydrogens is 720 g/mol. The first kappa shape index (κ1) is 39.9. The van der Waals surface area contributed by atoms with Crippen molar-refractivity contribution in [1.29, 1.82) is 0 Å². The average Bonchev–Trinajstić information content (AvgIpc) is 3.12. The predicted molar refractivity (Wildman–Crippen MR) is 194 cm³/mol. The second-order valence-electron chi connectivity index (χ2n) is 15.7. The Morgan fingerprint density at radius 2 is 1.65 bits per heavy atom. The van der Waals surface area contributed by atoms with Gasteiger partial charge in [-0.05, 0) is 54.7 Å². The van der Waals surface area contributed by atoms with E-state index in [0.717, 1.165) is 5.56 Å². The van der Waals surface area contributed by atoms with Crippen molar-refractivity contribution in [3.05, 3.63) is 81.9 Å². The molecule has 6 rings (SSSR count). The third-order valence-electron chi connectivity index (χ3n) is 12.5. The summed E-state index contributed by atoms with van der Waals surface area (Å²) >= 11 is 6.00. The number of rotatable bonds is 10. The number of methoxy groups -OCH3 is 2. The standard InChI is InChI=1S/C41H49ClO12/c1-23-29(53-36(45)28(48-6)17-25-11-9-8-10-12-25)19-40(47)20-30-39(5,35(44)34(52-24(2)43)33(23)38(40,3)4)31(18-32-41(30,49-7)22-51-32)54-37(46)50-21-26-13-15-27(42)16-14-26/h8-16,28-32,34,47H,17-22H2,1-7H3/t28-,29+,30?,31?,32?,34?,39?,40?,41-/m1/s1. The average molecular weight is 769 g/mol. The lowest BCUT2D eigenvalue weighted by atomic mass is 9.46. The van der Waals surface area contributed by atoms with E-state index < -0.39 is 82.3 Å². The lowest BCUT2D eigenvalue weighted by Crippen LogP contribution is -2.77. The maximum atomic E-state index is 15.4. The van der Waals surface area contributed by atoms with Crippen molar-refractivity contribution in [2.24, 2.45) is 16.7 Å². The Morgan fingerprint density at radius 1 is 0.963 bits per heavy atom. The highest BCUT2D eigenvalue weighted by atomic mass is 35.5. The number of carbonyl (C=O) groups excluding carboxylic acids is 4. The van der Waals surface area contributed by atoms with Crippen molar-refractivity contribution in [2.45, 2.75) is 109 Å². The van der Waals surface area contributed by atoms with Gasteiger partial charge >= 0.3 is 18.1 Å². The number of aliphatic hydroxyl groups is 1. The molecule has 1 N–H and O–H groups in total. The zero-order valence-electron chi connectivity index (χ0n) is 31.7. The molecule has 1 heterocycles. The molecule has 292 valence electrons. The molecule has 1 saturated heterocycles. The molecule has 12 nitrogen and oxygen atoms in total. The quantitative estimate of drug-likeness (QED) is 0.179. The van der Waals surface area contributed by atoms with Gasteiger partial charge in [-0.1, -0.05) is 67.9 Å². The smallest absolute Gasteiger partial charge is 0.456 e. The number of carbonyl (C=O) groups is 4. The monoisotopic (exact) mass is 768 g/mol. The Morgan fingerprint density at radius 3 is 2.24 bits per heavy atom. The Kier molecular flexibility index (Phi) is 11.1. The summed E-state index contributed by atoms with van der Waals surface area (Å²) in [4.78, 5) is 55.3. The third kappa shape index (κ3) is 6.85.